The Labute approximate surface area is 91.5 Å². The highest BCUT2D eigenvalue weighted by molar-refractivity contribution is 4.82. The van der Waals surface area contributed by atoms with Crippen LogP contribution in [0.25, 0.3) is 0 Å². The second kappa shape index (κ2) is 5.19. The zero-order valence-electron chi connectivity index (χ0n) is 11.4. The molecule has 0 saturated heterocycles. The molecule has 0 fully saturated rings. The van der Waals surface area contributed by atoms with Crippen LogP contribution in [-0.2, 0) is 0 Å². The molecule has 1 atom stereocenters. The van der Waals surface area contributed by atoms with Crippen LogP contribution >= 0.6 is 0 Å². The third kappa shape index (κ3) is 4.48. The van der Waals surface area contributed by atoms with Gasteiger partial charge in [0.25, 0.3) is 0 Å². The van der Waals surface area contributed by atoms with E-state index in [4.69, 9.17) is 0 Å². The Kier molecular flexibility index (Phi) is 5.19. The molecule has 0 spiro atoms. The van der Waals surface area contributed by atoms with E-state index in [0.717, 1.165) is 5.92 Å². The van der Waals surface area contributed by atoms with Gasteiger partial charge in [0.05, 0.1) is 0 Å². The molecule has 0 saturated carbocycles. The van der Waals surface area contributed by atoms with Gasteiger partial charge in [0.1, 0.15) is 0 Å². The highest BCUT2D eigenvalue weighted by Gasteiger charge is 2.31. The maximum Gasteiger partial charge on any atom is -0.0306 e. The van der Waals surface area contributed by atoms with Crippen LogP contribution < -0.4 is 0 Å². The van der Waals surface area contributed by atoms with Gasteiger partial charge in [-0.25, -0.2) is 0 Å². The fourth-order valence-electron chi connectivity index (χ4n) is 1.47. The van der Waals surface area contributed by atoms with Gasteiger partial charge in [-0.2, -0.15) is 0 Å². The molecule has 0 bridgehead atoms. The molecule has 0 nitrogen and oxygen atoms in total. The summed E-state index contributed by atoms with van der Waals surface area (Å²) < 4.78 is 0. The van der Waals surface area contributed by atoms with Gasteiger partial charge in [-0.05, 0) is 23.2 Å². The molecule has 0 N–H and O–H groups in total. The van der Waals surface area contributed by atoms with Crippen LogP contribution in [0.1, 0.15) is 74.1 Å². The van der Waals surface area contributed by atoms with Gasteiger partial charge < -0.3 is 0 Å². The van der Waals surface area contributed by atoms with E-state index in [2.05, 4.69) is 48.5 Å². The van der Waals surface area contributed by atoms with Crippen LogP contribution in [0, 0.1) is 16.7 Å². The number of hydrogen-bond acceptors (Lipinski definition) is 0. The van der Waals surface area contributed by atoms with Crippen molar-refractivity contribution in [3.63, 3.8) is 0 Å². The van der Waals surface area contributed by atoms with Crippen molar-refractivity contribution in [3.8, 4) is 0 Å². The Morgan fingerprint density at radius 2 is 1.50 bits per heavy atom. The van der Waals surface area contributed by atoms with Crippen molar-refractivity contribution in [2.75, 3.05) is 0 Å². The molecule has 0 aliphatic rings. The van der Waals surface area contributed by atoms with Crippen molar-refractivity contribution < 1.29 is 0 Å². The smallest absolute Gasteiger partial charge is 0.0306 e. The second-order valence-electron chi connectivity index (χ2n) is 6.54. The zero-order valence-corrected chi connectivity index (χ0v) is 11.4. The van der Waals surface area contributed by atoms with E-state index in [-0.39, 0.29) is 0 Å². The van der Waals surface area contributed by atoms with Gasteiger partial charge >= 0.3 is 0 Å². The van der Waals surface area contributed by atoms with Crippen LogP contribution in [0.3, 0.4) is 0 Å². The van der Waals surface area contributed by atoms with Crippen LogP contribution in [0.2, 0.25) is 0 Å². The van der Waals surface area contributed by atoms with Crippen molar-refractivity contribution in [1.82, 2.24) is 0 Å². The third-order valence-electron chi connectivity index (χ3n) is 4.23. The van der Waals surface area contributed by atoms with Crippen LogP contribution in [-0.4, -0.2) is 0 Å². The van der Waals surface area contributed by atoms with Crippen molar-refractivity contribution in [1.29, 1.82) is 0 Å². The zero-order chi connectivity index (χ0) is 11.4. The molecular formula is C14H30. The lowest BCUT2D eigenvalue weighted by Gasteiger charge is -2.39. The van der Waals surface area contributed by atoms with E-state index in [1.54, 1.807) is 0 Å². The first kappa shape index (κ1) is 14.0. The molecule has 0 radical (unpaired) electrons. The molecule has 0 aliphatic heterocycles. The van der Waals surface area contributed by atoms with Gasteiger partial charge in [-0.3, -0.25) is 0 Å². The molecule has 86 valence electrons. The summed E-state index contributed by atoms with van der Waals surface area (Å²) in [5.41, 5.74) is 0.906. The highest BCUT2D eigenvalue weighted by Crippen LogP contribution is 2.42. The van der Waals surface area contributed by atoms with E-state index in [0.29, 0.717) is 10.8 Å². The summed E-state index contributed by atoms with van der Waals surface area (Å²) >= 11 is 0. The van der Waals surface area contributed by atoms with E-state index in [1.807, 2.05) is 0 Å². The van der Waals surface area contributed by atoms with Crippen LogP contribution in [0.5, 0.6) is 0 Å². The van der Waals surface area contributed by atoms with Crippen molar-refractivity contribution in [3.05, 3.63) is 0 Å². The summed E-state index contributed by atoms with van der Waals surface area (Å²) in [7, 11) is 0. The van der Waals surface area contributed by atoms with E-state index < -0.39 is 0 Å². The van der Waals surface area contributed by atoms with Gasteiger partial charge in [-0.15, -0.1) is 0 Å². The lowest BCUT2D eigenvalue weighted by atomic mass is 9.66. The third-order valence-corrected chi connectivity index (χ3v) is 4.23. The lowest BCUT2D eigenvalue weighted by molar-refractivity contribution is 0.114. The van der Waals surface area contributed by atoms with E-state index >= 15 is 0 Å². The highest BCUT2D eigenvalue weighted by atomic mass is 14.4. The largest absolute Gasteiger partial charge is 0.0651 e. The monoisotopic (exact) mass is 198 g/mol. The molecule has 0 aromatic carbocycles. The Morgan fingerprint density at radius 3 is 1.86 bits per heavy atom. The fourth-order valence-corrected chi connectivity index (χ4v) is 1.47. The first-order valence-electron chi connectivity index (χ1n) is 6.20. The molecule has 0 aromatic heterocycles. The second-order valence-corrected chi connectivity index (χ2v) is 6.54. The van der Waals surface area contributed by atoms with Gasteiger partial charge in [0.2, 0.25) is 0 Å². The number of rotatable bonds is 5. The summed E-state index contributed by atoms with van der Waals surface area (Å²) in [5, 5.41) is 0. The molecular weight excluding hydrogens is 168 g/mol. The first-order chi connectivity index (χ1) is 6.20. The standard InChI is InChI=1S/C14H30/c1-8-12(2)10-9-11-14(6,7)13(3,4)5/h12H,8-11H2,1-7H3. The molecule has 0 aromatic rings. The topological polar surface area (TPSA) is 0 Å². The molecule has 0 heterocycles. The number of hydrogen-bond donors (Lipinski definition) is 0. The molecule has 0 rings (SSSR count). The first-order valence-corrected chi connectivity index (χ1v) is 6.20. The van der Waals surface area contributed by atoms with Gasteiger partial charge in [-0.1, -0.05) is 67.7 Å². The van der Waals surface area contributed by atoms with Crippen molar-refractivity contribution in [2.45, 2.75) is 74.1 Å². The minimum Gasteiger partial charge on any atom is -0.0651 e. The predicted molar refractivity (Wildman–Crippen MR) is 66.5 cm³/mol. The molecule has 0 aliphatic carbocycles. The molecule has 14 heavy (non-hydrogen) atoms. The summed E-state index contributed by atoms with van der Waals surface area (Å²) in [5.74, 6) is 0.908. The lowest BCUT2D eigenvalue weighted by Crippen LogP contribution is -2.29. The minimum absolute atomic E-state index is 0.433. The van der Waals surface area contributed by atoms with Gasteiger partial charge in [0.15, 0.2) is 0 Å². The summed E-state index contributed by atoms with van der Waals surface area (Å²) in [6, 6.07) is 0. The van der Waals surface area contributed by atoms with Gasteiger partial charge in [0, 0.05) is 0 Å². The maximum absolute atomic E-state index is 2.41. The quantitative estimate of drug-likeness (QED) is 0.564. The Morgan fingerprint density at radius 1 is 1.00 bits per heavy atom. The maximum atomic E-state index is 2.41. The van der Waals surface area contributed by atoms with Crippen molar-refractivity contribution in [2.24, 2.45) is 16.7 Å². The Bertz CT molecular complexity index is 148. The normalized spacial score (nSPS) is 15.6. The average molecular weight is 198 g/mol. The average Bonchev–Trinajstić information content (AvgIpc) is 2.01. The summed E-state index contributed by atoms with van der Waals surface area (Å²) in [6.45, 7) is 16.5. The van der Waals surface area contributed by atoms with E-state index in [9.17, 15) is 0 Å². The Balaban J connectivity index is 3.89. The fraction of sp³-hybridized carbons (Fsp3) is 1.00. The Hall–Kier alpha value is 0. The predicted octanol–water partition coefficient (Wildman–Crippen LogP) is 5.28. The minimum atomic E-state index is 0.433. The van der Waals surface area contributed by atoms with Crippen LogP contribution in [0.4, 0.5) is 0 Å². The SMILES string of the molecule is CCC(C)CCCC(C)(C)C(C)(C)C. The molecule has 0 amide bonds. The van der Waals surface area contributed by atoms with Crippen LogP contribution in [0.15, 0.2) is 0 Å². The summed E-state index contributed by atoms with van der Waals surface area (Å²) in [6.07, 6.45) is 5.48. The molecule has 0 heteroatoms. The van der Waals surface area contributed by atoms with E-state index in [1.165, 1.54) is 25.7 Å². The molecule has 1 unspecified atom stereocenters. The summed E-state index contributed by atoms with van der Waals surface area (Å²) in [4.78, 5) is 0. The van der Waals surface area contributed by atoms with Crippen molar-refractivity contribution >= 4 is 0 Å².